The number of benzene rings is 2. The van der Waals surface area contributed by atoms with Gasteiger partial charge in [0, 0.05) is 6.04 Å². The second-order valence-electron chi connectivity index (χ2n) is 7.17. The van der Waals surface area contributed by atoms with Gasteiger partial charge in [0.25, 0.3) is 0 Å². The first kappa shape index (κ1) is 20.0. The Morgan fingerprint density at radius 1 is 0.923 bits per heavy atom. The third-order valence-electron chi connectivity index (χ3n) is 5.37. The molecular weight excluding hydrogens is 320 g/mol. The standard InChI is InChI=1S/C23H32N2O/c1-6-23(7-2,21-16-12-9-13-17-21)24-22(26)25(18(3)4)19(5)20-14-10-8-11-15-20/h8-19H,6-7H2,1-5H3,(H,24,26). The lowest BCUT2D eigenvalue weighted by Gasteiger charge is -2.39. The van der Waals surface area contributed by atoms with Gasteiger partial charge in [0.2, 0.25) is 0 Å². The summed E-state index contributed by atoms with van der Waals surface area (Å²) in [5, 5.41) is 3.37. The zero-order valence-corrected chi connectivity index (χ0v) is 16.7. The SMILES string of the molecule is CCC(CC)(NC(=O)N(C(C)C)C(C)c1ccccc1)c1ccccc1. The van der Waals surface area contributed by atoms with E-state index >= 15 is 0 Å². The van der Waals surface area contributed by atoms with E-state index in [2.05, 4.69) is 64.2 Å². The van der Waals surface area contributed by atoms with E-state index in [1.165, 1.54) is 0 Å². The fourth-order valence-corrected chi connectivity index (χ4v) is 3.68. The average Bonchev–Trinajstić information content (AvgIpc) is 2.67. The van der Waals surface area contributed by atoms with Crippen LogP contribution < -0.4 is 5.32 Å². The highest BCUT2D eigenvalue weighted by molar-refractivity contribution is 5.76. The molecule has 2 aromatic rings. The fraction of sp³-hybridized carbons (Fsp3) is 0.435. The van der Waals surface area contributed by atoms with Crippen molar-refractivity contribution in [3.8, 4) is 0 Å². The molecule has 26 heavy (non-hydrogen) atoms. The van der Waals surface area contributed by atoms with Gasteiger partial charge in [0.05, 0.1) is 11.6 Å². The van der Waals surface area contributed by atoms with Gasteiger partial charge in [0.1, 0.15) is 0 Å². The molecule has 0 fully saturated rings. The van der Waals surface area contributed by atoms with Crippen LogP contribution in [0.2, 0.25) is 0 Å². The van der Waals surface area contributed by atoms with Crippen molar-refractivity contribution < 1.29 is 4.79 Å². The Bertz CT molecular complexity index is 678. The van der Waals surface area contributed by atoms with Crippen molar-refractivity contribution in [1.29, 1.82) is 0 Å². The maximum atomic E-state index is 13.3. The van der Waals surface area contributed by atoms with Crippen molar-refractivity contribution in [2.24, 2.45) is 0 Å². The Morgan fingerprint density at radius 2 is 1.42 bits per heavy atom. The molecule has 1 unspecified atom stereocenters. The minimum absolute atomic E-state index is 0.0103. The molecule has 140 valence electrons. The van der Waals surface area contributed by atoms with Gasteiger partial charge in [-0.3, -0.25) is 0 Å². The fourth-order valence-electron chi connectivity index (χ4n) is 3.68. The molecule has 0 spiro atoms. The third kappa shape index (κ3) is 4.27. The van der Waals surface area contributed by atoms with E-state index in [1.54, 1.807) is 0 Å². The molecule has 0 saturated heterocycles. The van der Waals surface area contributed by atoms with Crippen LogP contribution in [0.3, 0.4) is 0 Å². The van der Waals surface area contributed by atoms with Gasteiger partial charge < -0.3 is 10.2 Å². The summed E-state index contributed by atoms with van der Waals surface area (Å²) in [6.45, 7) is 10.5. The molecule has 0 saturated carbocycles. The largest absolute Gasteiger partial charge is 0.328 e. The monoisotopic (exact) mass is 352 g/mol. The van der Waals surface area contributed by atoms with Crippen molar-refractivity contribution >= 4 is 6.03 Å². The molecule has 1 atom stereocenters. The first-order valence-corrected chi connectivity index (χ1v) is 9.66. The van der Waals surface area contributed by atoms with E-state index in [9.17, 15) is 4.79 Å². The van der Waals surface area contributed by atoms with Gasteiger partial charge >= 0.3 is 6.03 Å². The quantitative estimate of drug-likeness (QED) is 0.663. The van der Waals surface area contributed by atoms with Crippen LogP contribution >= 0.6 is 0 Å². The topological polar surface area (TPSA) is 32.3 Å². The highest BCUT2D eigenvalue weighted by Crippen LogP contribution is 2.30. The Balaban J connectivity index is 2.31. The van der Waals surface area contributed by atoms with Gasteiger partial charge in [-0.25, -0.2) is 4.79 Å². The van der Waals surface area contributed by atoms with Crippen LogP contribution in [0, 0.1) is 0 Å². The molecule has 2 amide bonds. The molecule has 0 aliphatic rings. The van der Waals surface area contributed by atoms with E-state index < -0.39 is 0 Å². The molecule has 0 aliphatic heterocycles. The van der Waals surface area contributed by atoms with Crippen molar-refractivity contribution in [2.45, 2.75) is 65.1 Å². The second-order valence-corrected chi connectivity index (χ2v) is 7.17. The predicted octanol–water partition coefficient (Wildman–Crippen LogP) is 5.88. The maximum absolute atomic E-state index is 13.3. The zero-order valence-electron chi connectivity index (χ0n) is 16.7. The normalized spacial score (nSPS) is 12.7. The summed E-state index contributed by atoms with van der Waals surface area (Å²) in [7, 11) is 0. The molecule has 0 aliphatic carbocycles. The molecule has 0 bridgehead atoms. The Hall–Kier alpha value is -2.29. The number of nitrogens with one attached hydrogen (secondary N) is 1. The number of carbonyl (C=O) groups is 1. The predicted molar refractivity (Wildman–Crippen MR) is 109 cm³/mol. The van der Waals surface area contributed by atoms with Crippen molar-refractivity contribution in [2.75, 3.05) is 0 Å². The van der Waals surface area contributed by atoms with E-state index in [4.69, 9.17) is 0 Å². The summed E-state index contributed by atoms with van der Waals surface area (Å²) in [6, 6.07) is 20.6. The lowest BCUT2D eigenvalue weighted by atomic mass is 9.84. The number of hydrogen-bond donors (Lipinski definition) is 1. The smallest absolute Gasteiger partial charge is 0.318 e. The highest BCUT2D eigenvalue weighted by atomic mass is 16.2. The molecule has 0 heterocycles. The first-order valence-electron chi connectivity index (χ1n) is 9.66. The van der Waals surface area contributed by atoms with Crippen molar-refractivity contribution in [3.63, 3.8) is 0 Å². The molecule has 3 heteroatoms. The molecule has 2 rings (SSSR count). The van der Waals surface area contributed by atoms with E-state index in [0.29, 0.717) is 0 Å². The highest BCUT2D eigenvalue weighted by Gasteiger charge is 2.34. The van der Waals surface area contributed by atoms with E-state index in [1.807, 2.05) is 41.3 Å². The van der Waals surface area contributed by atoms with Crippen LogP contribution in [0.1, 0.15) is 64.6 Å². The van der Waals surface area contributed by atoms with Crippen LogP contribution in [0.5, 0.6) is 0 Å². The average molecular weight is 353 g/mol. The molecule has 0 radical (unpaired) electrons. The summed E-state index contributed by atoms with van der Waals surface area (Å²) < 4.78 is 0. The summed E-state index contributed by atoms with van der Waals surface area (Å²) in [5.74, 6) is 0. The Kier molecular flexibility index (Phi) is 6.84. The van der Waals surface area contributed by atoms with Gasteiger partial charge in [0.15, 0.2) is 0 Å². The van der Waals surface area contributed by atoms with E-state index in [-0.39, 0.29) is 23.7 Å². The summed E-state index contributed by atoms with van der Waals surface area (Å²) in [4.78, 5) is 15.3. The van der Waals surface area contributed by atoms with Gasteiger partial charge in [-0.2, -0.15) is 0 Å². The lowest BCUT2D eigenvalue weighted by molar-refractivity contribution is 0.144. The van der Waals surface area contributed by atoms with Crippen LogP contribution in [0.15, 0.2) is 60.7 Å². The van der Waals surface area contributed by atoms with Gasteiger partial charge in [-0.1, -0.05) is 74.5 Å². The minimum Gasteiger partial charge on any atom is -0.328 e. The van der Waals surface area contributed by atoms with Crippen LogP contribution in [0.4, 0.5) is 4.79 Å². The number of carbonyl (C=O) groups excluding carboxylic acids is 1. The minimum atomic E-state index is -0.345. The number of urea groups is 1. The summed E-state index contributed by atoms with van der Waals surface area (Å²) >= 11 is 0. The number of hydrogen-bond acceptors (Lipinski definition) is 1. The summed E-state index contributed by atoms with van der Waals surface area (Å²) in [6.07, 6.45) is 1.70. The van der Waals surface area contributed by atoms with Crippen LogP contribution in [-0.4, -0.2) is 17.0 Å². The molecule has 0 aromatic heterocycles. The number of nitrogens with zero attached hydrogens (tertiary/aromatic N) is 1. The summed E-state index contributed by atoms with van der Waals surface area (Å²) in [5.41, 5.74) is 1.96. The number of rotatable bonds is 7. The molecule has 3 nitrogen and oxygen atoms in total. The maximum Gasteiger partial charge on any atom is 0.318 e. The second kappa shape index (κ2) is 8.88. The van der Waals surface area contributed by atoms with Crippen LogP contribution in [0.25, 0.3) is 0 Å². The molecule has 2 aromatic carbocycles. The molecule has 1 N–H and O–H groups in total. The lowest BCUT2D eigenvalue weighted by Crippen LogP contribution is -2.53. The number of amides is 2. The Morgan fingerprint density at radius 3 is 1.88 bits per heavy atom. The van der Waals surface area contributed by atoms with Gasteiger partial charge in [-0.15, -0.1) is 0 Å². The van der Waals surface area contributed by atoms with E-state index in [0.717, 1.165) is 24.0 Å². The third-order valence-corrected chi connectivity index (χ3v) is 5.37. The van der Waals surface area contributed by atoms with Crippen molar-refractivity contribution in [3.05, 3.63) is 71.8 Å². The van der Waals surface area contributed by atoms with Crippen LogP contribution in [-0.2, 0) is 5.54 Å². The zero-order chi connectivity index (χ0) is 19.2. The van der Waals surface area contributed by atoms with Crippen molar-refractivity contribution in [1.82, 2.24) is 10.2 Å². The van der Waals surface area contributed by atoms with Gasteiger partial charge in [-0.05, 0) is 44.7 Å². The molecular formula is C23H32N2O. The first-order chi connectivity index (χ1) is 12.4. The Labute approximate surface area is 158 Å².